The molecule has 0 aromatic heterocycles. The summed E-state index contributed by atoms with van der Waals surface area (Å²) in [6.45, 7) is 6.61. The molecule has 3 nitrogen and oxygen atoms in total. The molecule has 0 unspecified atom stereocenters. The molecule has 0 saturated heterocycles. The van der Waals surface area contributed by atoms with Gasteiger partial charge in [-0.25, -0.2) is 0 Å². The van der Waals surface area contributed by atoms with E-state index in [1.165, 1.54) is 51.4 Å². The molecule has 0 heterocycles. The molecule has 1 amide bonds. The molecule has 0 aromatic rings. The highest BCUT2D eigenvalue weighted by Gasteiger charge is 2.09. The van der Waals surface area contributed by atoms with Gasteiger partial charge < -0.3 is 10.6 Å². The van der Waals surface area contributed by atoms with Crippen molar-refractivity contribution in [3.8, 4) is 0 Å². The van der Waals surface area contributed by atoms with Gasteiger partial charge in [-0.05, 0) is 26.3 Å². The van der Waals surface area contributed by atoms with Gasteiger partial charge >= 0.3 is 0 Å². The first-order valence-electron chi connectivity index (χ1n) is 8.74. The van der Waals surface area contributed by atoms with Gasteiger partial charge in [0.25, 0.3) is 0 Å². The SMILES string of the molecule is CCCCCCCCCCCC(=O)N(CC)CCCN. The van der Waals surface area contributed by atoms with Crippen LogP contribution in [0.5, 0.6) is 0 Å². The van der Waals surface area contributed by atoms with Gasteiger partial charge in [0.15, 0.2) is 0 Å². The molecule has 0 fully saturated rings. The summed E-state index contributed by atoms with van der Waals surface area (Å²) in [6.07, 6.45) is 13.3. The monoisotopic (exact) mass is 284 g/mol. The maximum Gasteiger partial charge on any atom is 0.222 e. The molecule has 2 N–H and O–H groups in total. The molecule has 120 valence electrons. The van der Waals surface area contributed by atoms with Gasteiger partial charge in [-0.3, -0.25) is 4.79 Å². The summed E-state index contributed by atoms with van der Waals surface area (Å²) in [7, 11) is 0. The third-order valence-corrected chi connectivity index (χ3v) is 3.86. The van der Waals surface area contributed by atoms with Gasteiger partial charge in [-0.2, -0.15) is 0 Å². The van der Waals surface area contributed by atoms with Gasteiger partial charge in [0.2, 0.25) is 5.91 Å². The predicted octanol–water partition coefficient (Wildman–Crippen LogP) is 4.10. The number of unbranched alkanes of at least 4 members (excludes halogenated alkanes) is 8. The molecule has 0 radical (unpaired) electrons. The van der Waals surface area contributed by atoms with E-state index in [0.29, 0.717) is 18.9 Å². The van der Waals surface area contributed by atoms with Crippen LogP contribution in [-0.4, -0.2) is 30.4 Å². The van der Waals surface area contributed by atoms with Crippen molar-refractivity contribution < 1.29 is 4.79 Å². The largest absolute Gasteiger partial charge is 0.343 e. The van der Waals surface area contributed by atoms with Crippen molar-refractivity contribution in [3.05, 3.63) is 0 Å². The van der Waals surface area contributed by atoms with Crippen LogP contribution in [0.4, 0.5) is 0 Å². The van der Waals surface area contributed by atoms with Crippen LogP contribution in [0.15, 0.2) is 0 Å². The first-order chi connectivity index (χ1) is 9.76. The van der Waals surface area contributed by atoms with Gasteiger partial charge in [-0.1, -0.05) is 58.3 Å². The van der Waals surface area contributed by atoms with E-state index < -0.39 is 0 Å². The average molecular weight is 284 g/mol. The van der Waals surface area contributed by atoms with Gasteiger partial charge in [0.05, 0.1) is 0 Å². The number of carbonyl (C=O) groups excluding carboxylic acids is 1. The maximum atomic E-state index is 12.0. The summed E-state index contributed by atoms with van der Waals surface area (Å²) in [5.41, 5.74) is 5.49. The quantitative estimate of drug-likeness (QED) is 0.488. The molecule has 3 heteroatoms. The minimum absolute atomic E-state index is 0.309. The van der Waals surface area contributed by atoms with Crippen LogP contribution in [0.1, 0.15) is 84.5 Å². The van der Waals surface area contributed by atoms with Gasteiger partial charge in [-0.15, -0.1) is 0 Å². The van der Waals surface area contributed by atoms with E-state index in [2.05, 4.69) is 6.92 Å². The predicted molar refractivity (Wildman–Crippen MR) is 87.8 cm³/mol. The lowest BCUT2D eigenvalue weighted by molar-refractivity contribution is -0.131. The number of nitrogens with zero attached hydrogens (tertiary/aromatic N) is 1. The lowest BCUT2D eigenvalue weighted by Crippen LogP contribution is -2.32. The standard InChI is InChI=1S/C17H36N2O/c1-3-5-6-7-8-9-10-11-12-14-17(20)19(4-2)16-13-15-18/h3-16,18H2,1-2H3. The van der Waals surface area contributed by atoms with Crippen molar-refractivity contribution >= 4 is 5.91 Å². The average Bonchev–Trinajstić information content (AvgIpc) is 2.46. The molecule has 0 aliphatic rings. The zero-order chi connectivity index (χ0) is 15.1. The molecular formula is C17H36N2O. The molecule has 0 atom stereocenters. The minimum Gasteiger partial charge on any atom is -0.343 e. The van der Waals surface area contributed by atoms with Crippen molar-refractivity contribution in [2.45, 2.75) is 84.5 Å². The Morgan fingerprint density at radius 3 is 1.90 bits per heavy atom. The van der Waals surface area contributed by atoms with Crippen LogP contribution < -0.4 is 5.73 Å². The van der Waals surface area contributed by atoms with E-state index in [1.807, 2.05) is 11.8 Å². The Labute approximate surface area is 126 Å². The molecule has 0 rings (SSSR count). The highest BCUT2D eigenvalue weighted by molar-refractivity contribution is 5.76. The minimum atomic E-state index is 0.309. The molecular weight excluding hydrogens is 248 g/mol. The zero-order valence-electron chi connectivity index (χ0n) is 13.8. The zero-order valence-corrected chi connectivity index (χ0v) is 13.8. The molecule has 0 aliphatic heterocycles. The molecule has 0 spiro atoms. The van der Waals surface area contributed by atoms with Crippen molar-refractivity contribution in [2.24, 2.45) is 5.73 Å². The highest BCUT2D eigenvalue weighted by Crippen LogP contribution is 2.11. The number of hydrogen-bond donors (Lipinski definition) is 1. The Kier molecular flexibility index (Phi) is 14.4. The first-order valence-corrected chi connectivity index (χ1v) is 8.74. The summed E-state index contributed by atoms with van der Waals surface area (Å²) >= 11 is 0. The van der Waals surface area contributed by atoms with Gasteiger partial charge in [0, 0.05) is 19.5 Å². The van der Waals surface area contributed by atoms with E-state index in [0.717, 1.165) is 25.9 Å². The van der Waals surface area contributed by atoms with E-state index >= 15 is 0 Å². The van der Waals surface area contributed by atoms with E-state index in [4.69, 9.17) is 5.73 Å². The number of hydrogen-bond acceptors (Lipinski definition) is 2. The van der Waals surface area contributed by atoms with Crippen LogP contribution in [0.3, 0.4) is 0 Å². The summed E-state index contributed by atoms with van der Waals surface area (Å²) in [5.74, 6) is 0.309. The van der Waals surface area contributed by atoms with E-state index in [-0.39, 0.29) is 0 Å². The fourth-order valence-electron chi connectivity index (χ4n) is 2.49. The Morgan fingerprint density at radius 1 is 0.850 bits per heavy atom. The molecule has 0 aliphatic carbocycles. The fourth-order valence-corrected chi connectivity index (χ4v) is 2.49. The number of carbonyl (C=O) groups is 1. The van der Waals surface area contributed by atoms with Crippen LogP contribution in [0, 0.1) is 0 Å². The Bertz CT molecular complexity index is 219. The van der Waals surface area contributed by atoms with Crippen LogP contribution in [-0.2, 0) is 4.79 Å². The maximum absolute atomic E-state index is 12.0. The molecule has 20 heavy (non-hydrogen) atoms. The molecule has 0 saturated carbocycles. The third-order valence-electron chi connectivity index (χ3n) is 3.86. The summed E-state index contributed by atoms with van der Waals surface area (Å²) in [4.78, 5) is 13.9. The Balaban J connectivity index is 3.41. The van der Waals surface area contributed by atoms with E-state index in [1.54, 1.807) is 0 Å². The highest BCUT2D eigenvalue weighted by atomic mass is 16.2. The number of rotatable bonds is 14. The second-order valence-corrected chi connectivity index (χ2v) is 5.69. The number of nitrogens with two attached hydrogens (primary N) is 1. The van der Waals surface area contributed by atoms with Crippen LogP contribution >= 0.6 is 0 Å². The van der Waals surface area contributed by atoms with E-state index in [9.17, 15) is 4.79 Å². The fraction of sp³-hybridized carbons (Fsp3) is 0.941. The summed E-state index contributed by atoms with van der Waals surface area (Å²) < 4.78 is 0. The first kappa shape index (κ1) is 19.4. The van der Waals surface area contributed by atoms with Gasteiger partial charge in [0.1, 0.15) is 0 Å². The normalized spacial score (nSPS) is 10.8. The lowest BCUT2D eigenvalue weighted by Gasteiger charge is -2.20. The van der Waals surface area contributed by atoms with Crippen molar-refractivity contribution in [2.75, 3.05) is 19.6 Å². The summed E-state index contributed by atoms with van der Waals surface area (Å²) in [5, 5.41) is 0. The van der Waals surface area contributed by atoms with Crippen molar-refractivity contribution in [3.63, 3.8) is 0 Å². The summed E-state index contributed by atoms with van der Waals surface area (Å²) in [6, 6.07) is 0. The second-order valence-electron chi connectivity index (χ2n) is 5.69. The van der Waals surface area contributed by atoms with Crippen molar-refractivity contribution in [1.82, 2.24) is 4.90 Å². The smallest absolute Gasteiger partial charge is 0.222 e. The van der Waals surface area contributed by atoms with Crippen LogP contribution in [0.25, 0.3) is 0 Å². The molecule has 0 aromatic carbocycles. The Morgan fingerprint density at radius 2 is 1.40 bits per heavy atom. The lowest BCUT2D eigenvalue weighted by atomic mass is 10.1. The molecule has 0 bridgehead atoms. The van der Waals surface area contributed by atoms with Crippen LogP contribution in [0.2, 0.25) is 0 Å². The topological polar surface area (TPSA) is 46.3 Å². The second kappa shape index (κ2) is 14.8. The third kappa shape index (κ3) is 11.3. The van der Waals surface area contributed by atoms with Crippen molar-refractivity contribution in [1.29, 1.82) is 0 Å². The number of amides is 1. The Hall–Kier alpha value is -0.570.